The van der Waals surface area contributed by atoms with Gasteiger partial charge in [0.2, 0.25) is 5.91 Å². The molecule has 10 heavy (non-hydrogen) atoms. The maximum Gasteiger partial charge on any atom is 0.220 e. The summed E-state index contributed by atoms with van der Waals surface area (Å²) in [7, 11) is 0. The number of hydrogen-bond acceptors (Lipinski definition) is 2. The Morgan fingerprint density at radius 1 is 1.30 bits per heavy atom. The molecule has 3 heteroatoms. The van der Waals surface area contributed by atoms with Crippen molar-refractivity contribution in [1.29, 1.82) is 0 Å². The van der Waals surface area contributed by atoms with E-state index in [1.807, 2.05) is 0 Å². The van der Waals surface area contributed by atoms with Gasteiger partial charge in [-0.05, 0) is 25.7 Å². The van der Waals surface area contributed by atoms with Crippen LogP contribution in [0, 0.1) is 0 Å². The second-order valence-electron chi connectivity index (χ2n) is 3.18. The highest BCUT2D eigenvalue weighted by atomic mass is 16.1. The normalized spacial score (nSPS) is 27.0. The van der Waals surface area contributed by atoms with Crippen LogP contribution in [0.1, 0.15) is 32.1 Å². The first-order valence-electron chi connectivity index (χ1n) is 3.62. The fraction of sp³-hybridized carbons (Fsp3) is 0.857. The van der Waals surface area contributed by atoms with Crippen molar-refractivity contribution in [2.75, 3.05) is 0 Å². The molecule has 1 saturated heterocycles. The van der Waals surface area contributed by atoms with Gasteiger partial charge in [-0.3, -0.25) is 4.79 Å². The summed E-state index contributed by atoms with van der Waals surface area (Å²) in [5.41, 5.74) is 0.301. The molecule has 0 radical (unpaired) electrons. The van der Waals surface area contributed by atoms with Crippen LogP contribution in [0.5, 0.6) is 0 Å². The minimum absolute atomic E-state index is 0. The predicted octanol–water partition coefficient (Wildman–Crippen LogP) is 0.981. The van der Waals surface area contributed by atoms with Gasteiger partial charge >= 0.3 is 0 Å². The zero-order chi connectivity index (χ0) is 6.32. The summed E-state index contributed by atoms with van der Waals surface area (Å²) in [5.74, 6) is 0.263. The average Bonchev–Trinajstić information content (AvgIpc) is 2.49. The highest BCUT2D eigenvalue weighted by Crippen LogP contribution is 2.41. The van der Waals surface area contributed by atoms with Crippen molar-refractivity contribution in [3.05, 3.63) is 0 Å². The second-order valence-corrected chi connectivity index (χ2v) is 3.18. The molecule has 0 aromatic carbocycles. The molecule has 1 spiro atoms. The Morgan fingerprint density at radius 3 is 2.40 bits per heavy atom. The Morgan fingerprint density at radius 2 is 2.00 bits per heavy atom. The molecule has 3 nitrogen and oxygen atoms in total. The third-order valence-corrected chi connectivity index (χ3v) is 2.32. The van der Waals surface area contributed by atoms with Gasteiger partial charge in [0, 0.05) is 12.0 Å². The molecule has 2 fully saturated rings. The fourth-order valence-corrected chi connectivity index (χ4v) is 1.53. The Bertz CT molecular complexity index is 152. The maximum absolute atomic E-state index is 10.8. The second kappa shape index (κ2) is 2.23. The van der Waals surface area contributed by atoms with Crippen LogP contribution in [0.4, 0.5) is 0 Å². The molecule has 0 bridgehead atoms. The van der Waals surface area contributed by atoms with Gasteiger partial charge < -0.3 is 11.5 Å². The predicted molar refractivity (Wildman–Crippen MR) is 39.0 cm³/mol. The van der Waals surface area contributed by atoms with Gasteiger partial charge in [0.15, 0.2) is 0 Å². The highest BCUT2D eigenvalue weighted by molar-refractivity contribution is 5.78. The number of carbonyl (C=O) groups is 1. The zero-order valence-corrected chi connectivity index (χ0v) is 6.15. The summed E-state index contributed by atoms with van der Waals surface area (Å²) in [6.45, 7) is 0. The molecule has 0 aromatic rings. The lowest BCUT2D eigenvalue weighted by Gasteiger charge is -2.21. The zero-order valence-electron chi connectivity index (χ0n) is 6.15. The lowest BCUT2D eigenvalue weighted by molar-refractivity contribution is -0.123. The van der Waals surface area contributed by atoms with Crippen LogP contribution in [-0.4, -0.2) is 11.4 Å². The molecular formula is C7H14N2O. The van der Waals surface area contributed by atoms with Gasteiger partial charge in [0.25, 0.3) is 0 Å². The van der Waals surface area contributed by atoms with E-state index >= 15 is 0 Å². The SMILES string of the molecule is N.O=C1CCCC2(CC2)N1. The molecule has 1 heterocycles. The van der Waals surface area contributed by atoms with Crippen molar-refractivity contribution in [3.8, 4) is 0 Å². The summed E-state index contributed by atoms with van der Waals surface area (Å²) in [6, 6.07) is 0. The van der Waals surface area contributed by atoms with Crippen LogP contribution < -0.4 is 11.5 Å². The third-order valence-electron chi connectivity index (χ3n) is 2.32. The number of carbonyl (C=O) groups excluding carboxylic acids is 1. The van der Waals surface area contributed by atoms with Crippen LogP contribution in [-0.2, 0) is 4.79 Å². The number of piperidine rings is 1. The lowest BCUT2D eigenvalue weighted by Crippen LogP contribution is -2.40. The number of rotatable bonds is 0. The van der Waals surface area contributed by atoms with E-state index in [0.29, 0.717) is 5.54 Å². The van der Waals surface area contributed by atoms with Crippen molar-refractivity contribution in [2.45, 2.75) is 37.6 Å². The van der Waals surface area contributed by atoms with E-state index in [9.17, 15) is 4.79 Å². The number of nitrogens with one attached hydrogen (secondary N) is 1. The van der Waals surface area contributed by atoms with E-state index in [1.54, 1.807) is 0 Å². The molecule has 1 amide bonds. The summed E-state index contributed by atoms with van der Waals surface area (Å²) in [5, 5.41) is 3.03. The van der Waals surface area contributed by atoms with E-state index in [-0.39, 0.29) is 12.1 Å². The molecule has 4 N–H and O–H groups in total. The van der Waals surface area contributed by atoms with E-state index in [2.05, 4.69) is 5.32 Å². The average molecular weight is 142 g/mol. The maximum atomic E-state index is 10.8. The van der Waals surface area contributed by atoms with Gasteiger partial charge in [-0.15, -0.1) is 0 Å². The summed E-state index contributed by atoms with van der Waals surface area (Å²) < 4.78 is 0. The van der Waals surface area contributed by atoms with E-state index in [0.717, 1.165) is 12.8 Å². The molecule has 2 aliphatic rings. The Balaban J connectivity index is 0.000000500. The Hall–Kier alpha value is -0.570. The van der Waals surface area contributed by atoms with E-state index in [4.69, 9.17) is 0 Å². The number of amides is 1. The van der Waals surface area contributed by atoms with Gasteiger partial charge in [0.1, 0.15) is 0 Å². The van der Waals surface area contributed by atoms with Crippen molar-refractivity contribution < 1.29 is 4.79 Å². The molecule has 0 aromatic heterocycles. The lowest BCUT2D eigenvalue weighted by atomic mass is 10.0. The van der Waals surface area contributed by atoms with Gasteiger partial charge in [0.05, 0.1) is 0 Å². The van der Waals surface area contributed by atoms with Crippen molar-refractivity contribution >= 4 is 5.91 Å². The van der Waals surface area contributed by atoms with Crippen molar-refractivity contribution in [2.24, 2.45) is 0 Å². The highest BCUT2D eigenvalue weighted by Gasteiger charge is 2.45. The minimum Gasteiger partial charge on any atom is -0.351 e. The monoisotopic (exact) mass is 142 g/mol. The molecule has 1 aliphatic carbocycles. The number of hydrogen-bond donors (Lipinski definition) is 2. The van der Waals surface area contributed by atoms with Crippen LogP contribution in [0.2, 0.25) is 0 Å². The molecule has 0 atom stereocenters. The minimum atomic E-state index is 0. The van der Waals surface area contributed by atoms with Crippen molar-refractivity contribution in [3.63, 3.8) is 0 Å². The van der Waals surface area contributed by atoms with Gasteiger partial charge in [-0.1, -0.05) is 0 Å². The first kappa shape index (κ1) is 7.54. The first-order valence-corrected chi connectivity index (χ1v) is 3.62. The fourth-order valence-electron chi connectivity index (χ4n) is 1.53. The molecule has 1 saturated carbocycles. The standard InChI is InChI=1S/C7H11NO.H3N/c9-6-2-1-3-7(8-6)4-5-7;/h1-5H2,(H,8,9);1H3. The molecule has 58 valence electrons. The van der Waals surface area contributed by atoms with Gasteiger partial charge in [-0.2, -0.15) is 0 Å². The molecule has 2 rings (SSSR count). The smallest absolute Gasteiger partial charge is 0.220 e. The topological polar surface area (TPSA) is 64.1 Å². The Labute approximate surface area is 60.8 Å². The molecule has 1 aliphatic heterocycles. The van der Waals surface area contributed by atoms with Crippen LogP contribution in [0.25, 0.3) is 0 Å². The first-order chi connectivity index (χ1) is 4.31. The van der Waals surface area contributed by atoms with Crippen LogP contribution in [0.15, 0.2) is 0 Å². The van der Waals surface area contributed by atoms with Crippen LogP contribution in [0.3, 0.4) is 0 Å². The Kier molecular flexibility index (Phi) is 1.68. The van der Waals surface area contributed by atoms with Gasteiger partial charge in [-0.25, -0.2) is 0 Å². The summed E-state index contributed by atoms with van der Waals surface area (Å²) >= 11 is 0. The van der Waals surface area contributed by atoms with Crippen molar-refractivity contribution in [1.82, 2.24) is 11.5 Å². The van der Waals surface area contributed by atoms with E-state index < -0.39 is 0 Å². The molecular weight excluding hydrogens is 128 g/mol. The van der Waals surface area contributed by atoms with E-state index in [1.165, 1.54) is 19.3 Å². The summed E-state index contributed by atoms with van der Waals surface area (Å²) in [6.07, 6.45) is 5.52. The quantitative estimate of drug-likeness (QED) is 0.529. The molecule has 0 unspecified atom stereocenters. The van der Waals surface area contributed by atoms with Crippen LogP contribution >= 0.6 is 0 Å². The largest absolute Gasteiger partial charge is 0.351 e. The third kappa shape index (κ3) is 1.14. The summed E-state index contributed by atoms with van der Waals surface area (Å²) in [4.78, 5) is 10.8.